The van der Waals surface area contributed by atoms with Crippen molar-refractivity contribution in [3.05, 3.63) is 41.9 Å². The van der Waals surface area contributed by atoms with Crippen LogP contribution in [0.4, 0.5) is 19.0 Å². The molecule has 0 radical (unpaired) electrons. The summed E-state index contributed by atoms with van der Waals surface area (Å²) in [4.78, 5) is 22.1. The maximum Gasteiger partial charge on any atom is 0.422 e. The van der Waals surface area contributed by atoms with Gasteiger partial charge in [-0.1, -0.05) is 0 Å². The molecule has 0 aromatic carbocycles. The van der Waals surface area contributed by atoms with E-state index in [0.717, 1.165) is 17.4 Å². The van der Waals surface area contributed by atoms with E-state index >= 15 is 0 Å². The number of amides is 1. The molecular formula is C19H18F3N5O2. The number of hydrogen-bond acceptors (Lipinski definition) is 5. The van der Waals surface area contributed by atoms with Gasteiger partial charge in [0.15, 0.2) is 6.61 Å². The van der Waals surface area contributed by atoms with E-state index in [4.69, 9.17) is 4.74 Å². The van der Waals surface area contributed by atoms with Crippen LogP contribution in [0.5, 0.6) is 5.88 Å². The first-order valence-corrected chi connectivity index (χ1v) is 9.08. The standard InChI is InChI=1S/C19H18F3N5O2/c1-12-7-13(8-24-18(12)29-11-19(20,21)22)9-26-10-14-15(25-26)4-5-23-17(14)27-6-2-3-16(27)28/h4-5,7-8,10H,2-3,6,9,11H2,1H3. The van der Waals surface area contributed by atoms with Crippen LogP contribution in [-0.4, -0.2) is 45.0 Å². The molecule has 1 fully saturated rings. The summed E-state index contributed by atoms with van der Waals surface area (Å²) in [5, 5.41) is 5.29. The van der Waals surface area contributed by atoms with Crippen molar-refractivity contribution in [1.29, 1.82) is 0 Å². The fourth-order valence-corrected chi connectivity index (χ4v) is 3.34. The van der Waals surface area contributed by atoms with Crippen LogP contribution in [0, 0.1) is 6.92 Å². The highest BCUT2D eigenvalue weighted by molar-refractivity contribution is 6.02. The number of aryl methyl sites for hydroxylation is 1. The van der Waals surface area contributed by atoms with Crippen molar-refractivity contribution in [2.45, 2.75) is 32.5 Å². The Labute approximate surface area is 164 Å². The Bertz CT molecular complexity index is 1060. The molecule has 0 bridgehead atoms. The monoisotopic (exact) mass is 405 g/mol. The normalized spacial score (nSPS) is 14.8. The third-order valence-corrected chi connectivity index (χ3v) is 4.59. The highest BCUT2D eigenvalue weighted by Gasteiger charge is 2.29. The number of nitrogens with zero attached hydrogens (tertiary/aromatic N) is 5. The van der Waals surface area contributed by atoms with Gasteiger partial charge in [-0.2, -0.15) is 18.3 Å². The summed E-state index contributed by atoms with van der Waals surface area (Å²) < 4.78 is 43.4. The predicted molar refractivity (Wildman–Crippen MR) is 98.7 cm³/mol. The molecule has 7 nitrogen and oxygen atoms in total. The molecule has 3 aromatic heterocycles. The molecule has 0 unspecified atom stereocenters. The first-order chi connectivity index (χ1) is 13.8. The Balaban J connectivity index is 1.55. The molecule has 4 heterocycles. The van der Waals surface area contributed by atoms with Gasteiger partial charge in [0.2, 0.25) is 11.8 Å². The number of anilines is 1. The molecule has 1 saturated heterocycles. The van der Waals surface area contributed by atoms with E-state index < -0.39 is 12.8 Å². The van der Waals surface area contributed by atoms with Crippen LogP contribution in [0.1, 0.15) is 24.0 Å². The van der Waals surface area contributed by atoms with Crippen LogP contribution in [0.3, 0.4) is 0 Å². The number of hydrogen-bond donors (Lipinski definition) is 0. The molecule has 0 aliphatic carbocycles. The van der Waals surface area contributed by atoms with Crippen LogP contribution < -0.4 is 9.64 Å². The second kappa shape index (κ2) is 7.34. The maximum absolute atomic E-state index is 12.3. The van der Waals surface area contributed by atoms with Gasteiger partial charge >= 0.3 is 6.18 Å². The number of rotatable bonds is 5. The minimum Gasteiger partial charge on any atom is -0.468 e. The second-order valence-electron chi connectivity index (χ2n) is 6.91. The van der Waals surface area contributed by atoms with Gasteiger partial charge in [-0.15, -0.1) is 0 Å². The average molecular weight is 405 g/mol. The number of carbonyl (C=O) groups excluding carboxylic acids is 1. The van der Waals surface area contributed by atoms with Crippen molar-refractivity contribution in [2.75, 3.05) is 18.1 Å². The van der Waals surface area contributed by atoms with Crippen LogP contribution in [0.2, 0.25) is 0 Å². The lowest BCUT2D eigenvalue weighted by Gasteiger charge is -2.14. The average Bonchev–Trinajstić information content (AvgIpc) is 3.25. The first kappa shape index (κ1) is 19.2. The Hall–Kier alpha value is -3.17. The van der Waals surface area contributed by atoms with Gasteiger partial charge in [0, 0.05) is 37.1 Å². The number of ether oxygens (including phenoxy) is 1. The molecular weight excluding hydrogens is 387 g/mol. The molecule has 1 aliphatic heterocycles. The van der Waals surface area contributed by atoms with E-state index in [0.29, 0.717) is 36.4 Å². The number of halogens is 3. The van der Waals surface area contributed by atoms with Crippen LogP contribution in [-0.2, 0) is 11.3 Å². The summed E-state index contributed by atoms with van der Waals surface area (Å²) in [6.07, 6.45) is 1.81. The third-order valence-electron chi connectivity index (χ3n) is 4.59. The van der Waals surface area contributed by atoms with E-state index in [2.05, 4.69) is 15.1 Å². The fourth-order valence-electron chi connectivity index (χ4n) is 3.34. The zero-order valence-corrected chi connectivity index (χ0v) is 15.6. The van der Waals surface area contributed by atoms with E-state index in [1.54, 1.807) is 34.8 Å². The quantitative estimate of drug-likeness (QED) is 0.652. The summed E-state index contributed by atoms with van der Waals surface area (Å²) in [5.41, 5.74) is 1.99. The van der Waals surface area contributed by atoms with Gasteiger partial charge in [-0.3, -0.25) is 14.4 Å². The molecule has 0 N–H and O–H groups in total. The molecule has 0 spiro atoms. The van der Waals surface area contributed by atoms with Crippen molar-refractivity contribution in [2.24, 2.45) is 0 Å². The summed E-state index contributed by atoms with van der Waals surface area (Å²) in [5.74, 6) is 0.601. The van der Waals surface area contributed by atoms with Gasteiger partial charge in [0.05, 0.1) is 17.4 Å². The fraction of sp³-hybridized carbons (Fsp3) is 0.368. The summed E-state index contributed by atoms with van der Waals surface area (Å²) in [7, 11) is 0. The third kappa shape index (κ3) is 4.15. The lowest BCUT2D eigenvalue weighted by molar-refractivity contribution is -0.154. The van der Waals surface area contributed by atoms with Gasteiger partial charge < -0.3 is 4.74 Å². The van der Waals surface area contributed by atoms with Crippen molar-refractivity contribution < 1.29 is 22.7 Å². The number of fused-ring (bicyclic) bond motifs is 1. The molecule has 0 saturated carbocycles. The Kier molecular flexibility index (Phi) is 4.85. The highest BCUT2D eigenvalue weighted by Crippen LogP contribution is 2.27. The Morgan fingerprint density at radius 1 is 1.28 bits per heavy atom. The molecule has 3 aromatic rings. The number of aromatic nitrogens is 4. The minimum atomic E-state index is -4.41. The largest absolute Gasteiger partial charge is 0.468 e. The zero-order chi connectivity index (χ0) is 20.6. The van der Waals surface area contributed by atoms with Crippen molar-refractivity contribution in [3.8, 4) is 5.88 Å². The minimum absolute atomic E-state index is 0.0456. The van der Waals surface area contributed by atoms with Crippen LogP contribution in [0.25, 0.3) is 10.9 Å². The van der Waals surface area contributed by atoms with E-state index in [1.807, 2.05) is 6.20 Å². The van der Waals surface area contributed by atoms with Crippen molar-refractivity contribution in [3.63, 3.8) is 0 Å². The second-order valence-corrected chi connectivity index (χ2v) is 6.91. The molecule has 152 valence electrons. The Morgan fingerprint density at radius 3 is 2.79 bits per heavy atom. The van der Waals surface area contributed by atoms with Crippen LogP contribution >= 0.6 is 0 Å². The number of alkyl halides is 3. The Morgan fingerprint density at radius 2 is 2.10 bits per heavy atom. The molecule has 4 rings (SSSR count). The number of pyridine rings is 2. The topological polar surface area (TPSA) is 73.1 Å². The van der Waals surface area contributed by atoms with Gasteiger partial charge in [-0.05, 0) is 31.0 Å². The molecule has 1 amide bonds. The summed E-state index contributed by atoms with van der Waals surface area (Å²) >= 11 is 0. The number of carbonyl (C=O) groups is 1. The van der Waals surface area contributed by atoms with E-state index in [-0.39, 0.29) is 11.8 Å². The highest BCUT2D eigenvalue weighted by atomic mass is 19.4. The maximum atomic E-state index is 12.3. The summed E-state index contributed by atoms with van der Waals surface area (Å²) in [6, 6.07) is 3.49. The van der Waals surface area contributed by atoms with Gasteiger partial charge in [-0.25, -0.2) is 9.97 Å². The van der Waals surface area contributed by atoms with E-state index in [9.17, 15) is 18.0 Å². The van der Waals surface area contributed by atoms with Crippen molar-refractivity contribution >= 4 is 22.6 Å². The molecule has 10 heteroatoms. The van der Waals surface area contributed by atoms with Gasteiger partial charge in [0.1, 0.15) is 5.82 Å². The molecule has 29 heavy (non-hydrogen) atoms. The van der Waals surface area contributed by atoms with Gasteiger partial charge in [0.25, 0.3) is 0 Å². The molecule has 1 aliphatic rings. The van der Waals surface area contributed by atoms with Crippen molar-refractivity contribution in [1.82, 2.24) is 19.7 Å². The zero-order valence-electron chi connectivity index (χ0n) is 15.6. The van der Waals surface area contributed by atoms with E-state index in [1.165, 1.54) is 6.20 Å². The summed E-state index contributed by atoms with van der Waals surface area (Å²) in [6.45, 7) is 1.27. The smallest absolute Gasteiger partial charge is 0.422 e. The van der Waals surface area contributed by atoms with Crippen LogP contribution in [0.15, 0.2) is 30.7 Å². The predicted octanol–water partition coefficient (Wildman–Crippen LogP) is 3.25. The lowest BCUT2D eigenvalue weighted by atomic mass is 10.2. The SMILES string of the molecule is Cc1cc(Cn2cc3c(N4CCCC4=O)nccc3n2)cnc1OCC(F)(F)F. The molecule has 0 atom stereocenters. The first-order valence-electron chi connectivity index (χ1n) is 9.08. The lowest BCUT2D eigenvalue weighted by Crippen LogP contribution is -2.24.